The Morgan fingerprint density at radius 1 is 1.08 bits per heavy atom. The molecule has 0 saturated carbocycles. The maximum absolute atomic E-state index is 13.5. The highest BCUT2D eigenvalue weighted by molar-refractivity contribution is 7.16. The second kappa shape index (κ2) is 8.22. The molecule has 0 radical (unpaired) electrons. The summed E-state index contributed by atoms with van der Waals surface area (Å²) in [6.07, 6.45) is 1.56. The Morgan fingerprint density at radius 2 is 1.96 bits per heavy atom. The van der Waals surface area contributed by atoms with E-state index in [-0.39, 0.29) is 11.7 Å². The third kappa shape index (κ3) is 4.52. The van der Waals surface area contributed by atoms with Gasteiger partial charge in [-0.3, -0.25) is 4.79 Å². The molecule has 0 aliphatic rings. The first-order chi connectivity index (χ1) is 11.7. The average Bonchev–Trinajstić information content (AvgIpc) is 3.25. The SMILES string of the molecule is O=C(CCc1ccccc1F)NCCc1ccc(-c2ccsc2)s1. The highest BCUT2D eigenvalue weighted by Crippen LogP contribution is 2.29. The fraction of sp³-hybridized carbons (Fsp3) is 0.211. The molecule has 5 heteroatoms. The van der Waals surface area contributed by atoms with Crippen LogP contribution in [0, 0.1) is 5.82 Å². The highest BCUT2D eigenvalue weighted by atomic mass is 32.1. The Kier molecular flexibility index (Phi) is 5.77. The minimum absolute atomic E-state index is 0.0344. The monoisotopic (exact) mass is 359 g/mol. The van der Waals surface area contributed by atoms with Crippen LogP contribution in [0.3, 0.4) is 0 Å². The minimum atomic E-state index is -0.246. The van der Waals surface area contributed by atoms with Crippen LogP contribution in [0.5, 0.6) is 0 Å². The predicted octanol–water partition coefficient (Wildman–Crippen LogP) is 4.91. The lowest BCUT2D eigenvalue weighted by Gasteiger charge is -2.05. The van der Waals surface area contributed by atoms with Gasteiger partial charge >= 0.3 is 0 Å². The molecule has 1 N–H and O–H groups in total. The zero-order chi connectivity index (χ0) is 16.8. The summed E-state index contributed by atoms with van der Waals surface area (Å²) in [6.45, 7) is 0.611. The van der Waals surface area contributed by atoms with Gasteiger partial charge in [0.1, 0.15) is 5.82 Å². The number of carbonyl (C=O) groups is 1. The molecule has 0 fully saturated rings. The molecule has 24 heavy (non-hydrogen) atoms. The van der Waals surface area contributed by atoms with Crippen LogP contribution < -0.4 is 5.32 Å². The van der Waals surface area contributed by atoms with Crippen molar-refractivity contribution in [1.82, 2.24) is 5.32 Å². The maximum atomic E-state index is 13.5. The third-order valence-corrected chi connectivity index (χ3v) is 5.62. The lowest BCUT2D eigenvalue weighted by Crippen LogP contribution is -2.25. The molecule has 3 aromatic rings. The number of rotatable bonds is 7. The van der Waals surface area contributed by atoms with Gasteiger partial charge in [-0.1, -0.05) is 18.2 Å². The van der Waals surface area contributed by atoms with E-state index in [0.29, 0.717) is 24.9 Å². The summed E-state index contributed by atoms with van der Waals surface area (Å²) < 4.78 is 13.5. The van der Waals surface area contributed by atoms with Crippen LogP contribution in [0.25, 0.3) is 10.4 Å². The van der Waals surface area contributed by atoms with Crippen LogP contribution in [0.4, 0.5) is 4.39 Å². The summed E-state index contributed by atoms with van der Waals surface area (Å²) in [5.74, 6) is -0.280. The van der Waals surface area contributed by atoms with Gasteiger partial charge in [0.15, 0.2) is 0 Å². The van der Waals surface area contributed by atoms with E-state index in [1.807, 2.05) is 0 Å². The second-order valence-corrected chi connectivity index (χ2v) is 7.42. The third-order valence-electron chi connectivity index (χ3n) is 3.74. The van der Waals surface area contributed by atoms with Crippen molar-refractivity contribution in [2.24, 2.45) is 0 Å². The van der Waals surface area contributed by atoms with E-state index >= 15 is 0 Å². The Labute approximate surface area is 149 Å². The quantitative estimate of drug-likeness (QED) is 0.638. The number of hydrogen-bond donors (Lipinski definition) is 1. The molecule has 124 valence electrons. The molecule has 1 aromatic carbocycles. The van der Waals surface area contributed by atoms with Gasteiger partial charge in [0.05, 0.1) is 0 Å². The van der Waals surface area contributed by atoms with Gasteiger partial charge < -0.3 is 5.32 Å². The predicted molar refractivity (Wildman–Crippen MR) is 99.1 cm³/mol. The van der Waals surface area contributed by atoms with Crippen molar-refractivity contribution in [3.05, 3.63) is 69.5 Å². The molecule has 0 aliphatic carbocycles. The van der Waals surface area contributed by atoms with Gasteiger partial charge in [0.2, 0.25) is 5.91 Å². The van der Waals surface area contributed by atoms with E-state index in [4.69, 9.17) is 0 Å². The zero-order valence-electron chi connectivity index (χ0n) is 13.1. The van der Waals surface area contributed by atoms with E-state index in [1.165, 1.54) is 21.4 Å². The van der Waals surface area contributed by atoms with Crippen LogP contribution in [0.15, 0.2) is 53.2 Å². The highest BCUT2D eigenvalue weighted by Gasteiger charge is 2.07. The van der Waals surface area contributed by atoms with Crippen molar-refractivity contribution >= 4 is 28.6 Å². The standard InChI is InChI=1S/C19H18FNOS2/c20-17-4-2-1-3-14(17)5-8-19(22)21-11-9-16-6-7-18(24-16)15-10-12-23-13-15/h1-4,6-7,10,12-13H,5,8-9,11H2,(H,21,22). The molecular weight excluding hydrogens is 341 g/mol. The Hall–Kier alpha value is -1.98. The van der Waals surface area contributed by atoms with Crippen molar-refractivity contribution in [1.29, 1.82) is 0 Å². The number of thiophene rings is 2. The first kappa shape index (κ1) is 16.9. The van der Waals surface area contributed by atoms with E-state index in [1.54, 1.807) is 40.9 Å². The summed E-state index contributed by atoms with van der Waals surface area (Å²) in [7, 11) is 0. The van der Waals surface area contributed by atoms with Crippen molar-refractivity contribution in [2.45, 2.75) is 19.3 Å². The van der Waals surface area contributed by atoms with E-state index < -0.39 is 0 Å². The number of benzene rings is 1. The topological polar surface area (TPSA) is 29.1 Å². The van der Waals surface area contributed by atoms with Crippen molar-refractivity contribution < 1.29 is 9.18 Å². The lowest BCUT2D eigenvalue weighted by molar-refractivity contribution is -0.121. The number of amides is 1. The van der Waals surface area contributed by atoms with Gasteiger partial charge in [-0.2, -0.15) is 11.3 Å². The van der Waals surface area contributed by atoms with Crippen LogP contribution in [-0.2, 0) is 17.6 Å². The molecule has 0 atom stereocenters. The van der Waals surface area contributed by atoms with Crippen LogP contribution >= 0.6 is 22.7 Å². The van der Waals surface area contributed by atoms with Crippen molar-refractivity contribution in [3.8, 4) is 10.4 Å². The van der Waals surface area contributed by atoms with Gasteiger partial charge in [0.25, 0.3) is 0 Å². The van der Waals surface area contributed by atoms with E-state index in [9.17, 15) is 9.18 Å². The molecule has 2 heterocycles. The molecule has 0 spiro atoms. The normalized spacial score (nSPS) is 10.7. The fourth-order valence-electron chi connectivity index (χ4n) is 2.43. The fourth-order valence-corrected chi connectivity index (χ4v) is 4.17. The van der Waals surface area contributed by atoms with Crippen LogP contribution in [-0.4, -0.2) is 12.5 Å². The van der Waals surface area contributed by atoms with Gasteiger partial charge in [0, 0.05) is 28.3 Å². The molecule has 0 bridgehead atoms. The first-order valence-corrected chi connectivity index (χ1v) is 9.59. The lowest BCUT2D eigenvalue weighted by atomic mass is 10.1. The Bertz CT molecular complexity index is 795. The van der Waals surface area contributed by atoms with Gasteiger partial charge in [-0.25, -0.2) is 4.39 Å². The van der Waals surface area contributed by atoms with E-state index in [2.05, 4.69) is 34.3 Å². The molecule has 0 aliphatic heterocycles. The summed E-state index contributed by atoms with van der Waals surface area (Å²) in [5, 5.41) is 7.13. The summed E-state index contributed by atoms with van der Waals surface area (Å²) >= 11 is 3.45. The Balaban J connectivity index is 1.41. The van der Waals surface area contributed by atoms with Crippen LogP contribution in [0.1, 0.15) is 16.9 Å². The first-order valence-electron chi connectivity index (χ1n) is 7.84. The maximum Gasteiger partial charge on any atom is 0.220 e. The summed E-state index contributed by atoms with van der Waals surface area (Å²) in [4.78, 5) is 14.4. The number of carbonyl (C=O) groups excluding carboxylic acids is 1. The van der Waals surface area contributed by atoms with Crippen molar-refractivity contribution in [2.75, 3.05) is 6.54 Å². The molecule has 2 aromatic heterocycles. The van der Waals surface area contributed by atoms with E-state index in [0.717, 1.165) is 6.42 Å². The van der Waals surface area contributed by atoms with Gasteiger partial charge in [-0.05, 0) is 53.4 Å². The minimum Gasteiger partial charge on any atom is -0.356 e. The number of nitrogens with one attached hydrogen (secondary N) is 1. The zero-order valence-corrected chi connectivity index (χ0v) is 14.8. The summed E-state index contributed by atoms with van der Waals surface area (Å²) in [6, 6.07) is 13.0. The molecular formula is C19H18FNOS2. The summed E-state index contributed by atoms with van der Waals surface area (Å²) in [5.41, 5.74) is 1.84. The largest absolute Gasteiger partial charge is 0.356 e. The van der Waals surface area contributed by atoms with Crippen molar-refractivity contribution in [3.63, 3.8) is 0 Å². The smallest absolute Gasteiger partial charge is 0.220 e. The van der Waals surface area contributed by atoms with Crippen LogP contribution in [0.2, 0.25) is 0 Å². The number of hydrogen-bond acceptors (Lipinski definition) is 3. The molecule has 3 rings (SSSR count). The average molecular weight is 359 g/mol. The molecule has 0 unspecified atom stereocenters. The number of halogens is 1. The Morgan fingerprint density at radius 3 is 2.75 bits per heavy atom. The molecule has 0 saturated heterocycles. The molecule has 1 amide bonds. The second-order valence-electron chi connectivity index (χ2n) is 5.47. The van der Waals surface area contributed by atoms with Gasteiger partial charge in [-0.15, -0.1) is 11.3 Å². The number of aryl methyl sites for hydroxylation is 1. The molecule has 2 nitrogen and oxygen atoms in total.